The molecule has 1 aromatic heterocycles. The summed E-state index contributed by atoms with van der Waals surface area (Å²) >= 11 is 1.73. The summed E-state index contributed by atoms with van der Waals surface area (Å²) < 4.78 is 5.22. The Hall–Kier alpha value is -2.63. The molecule has 2 atom stereocenters. The van der Waals surface area contributed by atoms with E-state index >= 15 is 0 Å². The zero-order valence-electron chi connectivity index (χ0n) is 15.3. The van der Waals surface area contributed by atoms with Crippen LogP contribution >= 0.6 is 11.8 Å². The maximum Gasteiger partial charge on any atom is 0.151 e. The van der Waals surface area contributed by atoms with Crippen molar-refractivity contribution >= 4 is 35.0 Å². The highest BCUT2D eigenvalue weighted by atomic mass is 32.2. The summed E-state index contributed by atoms with van der Waals surface area (Å²) in [5.74, 6) is 0.870. The third kappa shape index (κ3) is 4.21. The lowest BCUT2D eigenvalue weighted by Crippen LogP contribution is -2.25. The first-order valence-electron chi connectivity index (χ1n) is 8.87. The summed E-state index contributed by atoms with van der Waals surface area (Å²) in [6.07, 6.45) is 5.93. The van der Waals surface area contributed by atoms with Crippen LogP contribution in [-0.2, 0) is 0 Å². The van der Waals surface area contributed by atoms with E-state index in [0.29, 0.717) is 0 Å². The van der Waals surface area contributed by atoms with Crippen molar-refractivity contribution in [3.05, 3.63) is 76.8 Å². The number of nitrogens with zero attached hydrogens (tertiary/aromatic N) is 2. The Bertz CT molecular complexity index is 998. The van der Waals surface area contributed by atoms with Crippen molar-refractivity contribution in [1.82, 2.24) is 10.3 Å². The highest BCUT2D eigenvalue weighted by molar-refractivity contribution is 8.04. The van der Waals surface area contributed by atoms with Gasteiger partial charge in [0.1, 0.15) is 5.75 Å². The molecule has 0 saturated heterocycles. The average molecular weight is 375 g/mol. The van der Waals surface area contributed by atoms with E-state index in [9.17, 15) is 0 Å². The van der Waals surface area contributed by atoms with E-state index in [1.165, 1.54) is 5.56 Å². The van der Waals surface area contributed by atoms with Gasteiger partial charge in [0.25, 0.3) is 0 Å². The second-order valence-electron chi connectivity index (χ2n) is 6.41. The van der Waals surface area contributed by atoms with E-state index in [4.69, 9.17) is 4.74 Å². The molecule has 4 rings (SSSR count). The number of aromatic nitrogens is 1. The van der Waals surface area contributed by atoms with Gasteiger partial charge >= 0.3 is 0 Å². The standard InChI is InChI=1S/C22H21N3OS/c1-15(17-6-8-19(26-2)9-7-17)25-22-24-14-20(27-22)13-16-5-10-21-18(12-16)4-3-11-23-21/h3-15,22,25H,1-2H3/b20-13-/t15-,22?/m0/s1. The van der Waals surface area contributed by atoms with Crippen molar-refractivity contribution in [3.8, 4) is 5.75 Å². The van der Waals surface area contributed by atoms with Gasteiger partial charge in [0.2, 0.25) is 0 Å². The lowest BCUT2D eigenvalue weighted by Gasteiger charge is -2.17. The molecular weight excluding hydrogens is 354 g/mol. The molecule has 5 heteroatoms. The Labute approximate surface area is 163 Å². The topological polar surface area (TPSA) is 46.5 Å². The van der Waals surface area contributed by atoms with Gasteiger partial charge in [-0.05, 0) is 54.5 Å². The smallest absolute Gasteiger partial charge is 0.151 e. The number of fused-ring (bicyclic) bond motifs is 1. The van der Waals surface area contributed by atoms with Crippen LogP contribution in [0.3, 0.4) is 0 Å². The first kappa shape index (κ1) is 17.8. The Morgan fingerprint density at radius 3 is 2.81 bits per heavy atom. The van der Waals surface area contributed by atoms with Crippen molar-refractivity contribution in [3.63, 3.8) is 0 Å². The number of nitrogens with one attached hydrogen (secondary N) is 1. The summed E-state index contributed by atoms with van der Waals surface area (Å²) in [6, 6.07) is 18.7. The number of hydrogen-bond acceptors (Lipinski definition) is 5. The highest BCUT2D eigenvalue weighted by Crippen LogP contribution is 2.30. The van der Waals surface area contributed by atoms with E-state index in [-0.39, 0.29) is 11.5 Å². The van der Waals surface area contributed by atoms with Crippen LogP contribution in [0.15, 0.2) is 70.7 Å². The molecule has 0 fully saturated rings. The molecule has 0 saturated carbocycles. The van der Waals surface area contributed by atoms with Gasteiger partial charge in [-0.2, -0.15) is 0 Å². The van der Waals surface area contributed by atoms with Gasteiger partial charge in [-0.15, -0.1) is 0 Å². The number of benzene rings is 2. The van der Waals surface area contributed by atoms with Gasteiger partial charge in [0.15, 0.2) is 5.50 Å². The summed E-state index contributed by atoms with van der Waals surface area (Å²) in [5, 5.41) is 4.70. The molecule has 0 amide bonds. The normalized spacial score (nSPS) is 18.9. The first-order chi connectivity index (χ1) is 13.2. The number of ether oxygens (including phenoxy) is 1. The molecular formula is C22H21N3OS. The van der Waals surface area contributed by atoms with E-state index < -0.39 is 0 Å². The summed E-state index contributed by atoms with van der Waals surface area (Å²) in [6.45, 7) is 2.15. The summed E-state index contributed by atoms with van der Waals surface area (Å²) in [7, 11) is 1.68. The summed E-state index contributed by atoms with van der Waals surface area (Å²) in [4.78, 5) is 10.1. The van der Waals surface area contributed by atoms with Gasteiger partial charge in [0, 0.05) is 28.7 Å². The third-order valence-electron chi connectivity index (χ3n) is 4.53. The van der Waals surface area contributed by atoms with Crippen molar-refractivity contribution < 1.29 is 4.74 Å². The largest absolute Gasteiger partial charge is 0.497 e. The number of pyridine rings is 1. The maximum atomic E-state index is 5.22. The van der Waals surface area contributed by atoms with Crippen molar-refractivity contribution in [2.75, 3.05) is 7.11 Å². The molecule has 1 N–H and O–H groups in total. The van der Waals surface area contributed by atoms with E-state index in [2.05, 4.69) is 64.7 Å². The Balaban J connectivity index is 1.41. The molecule has 27 heavy (non-hydrogen) atoms. The van der Waals surface area contributed by atoms with Gasteiger partial charge in [-0.25, -0.2) is 0 Å². The fourth-order valence-electron chi connectivity index (χ4n) is 3.03. The number of allylic oxidation sites excluding steroid dienone is 1. The minimum absolute atomic E-state index is 0.0236. The maximum absolute atomic E-state index is 5.22. The molecule has 1 aliphatic rings. The number of aliphatic imine (C=N–C) groups is 1. The van der Waals surface area contributed by atoms with Crippen LogP contribution in [0.5, 0.6) is 5.75 Å². The molecule has 0 aliphatic carbocycles. The fraction of sp³-hybridized carbons (Fsp3) is 0.182. The minimum Gasteiger partial charge on any atom is -0.497 e. The zero-order chi connectivity index (χ0) is 18.6. The van der Waals surface area contributed by atoms with Crippen LogP contribution in [0, 0.1) is 0 Å². The quantitative estimate of drug-likeness (QED) is 0.679. The first-order valence-corrected chi connectivity index (χ1v) is 9.75. The predicted molar refractivity (Wildman–Crippen MR) is 114 cm³/mol. The number of rotatable bonds is 5. The molecule has 3 aromatic rings. The lowest BCUT2D eigenvalue weighted by molar-refractivity contribution is 0.414. The van der Waals surface area contributed by atoms with Gasteiger partial charge < -0.3 is 4.74 Å². The molecule has 0 bridgehead atoms. The van der Waals surface area contributed by atoms with E-state index in [0.717, 1.165) is 27.1 Å². The van der Waals surface area contributed by atoms with Crippen LogP contribution in [-0.4, -0.2) is 23.8 Å². The monoisotopic (exact) mass is 375 g/mol. The van der Waals surface area contributed by atoms with E-state index in [1.807, 2.05) is 30.6 Å². The molecule has 136 valence electrons. The predicted octanol–water partition coefficient (Wildman–Crippen LogP) is 5.04. The van der Waals surface area contributed by atoms with E-state index in [1.54, 1.807) is 18.9 Å². The molecule has 4 nitrogen and oxygen atoms in total. The average Bonchev–Trinajstić information content (AvgIpc) is 3.14. The molecule has 1 aliphatic heterocycles. The highest BCUT2D eigenvalue weighted by Gasteiger charge is 2.18. The SMILES string of the molecule is COc1ccc([C@H](C)NC2N=C/C(=C/c3ccc4ncccc4c3)S2)cc1. The number of thioether (sulfide) groups is 1. The summed E-state index contributed by atoms with van der Waals surface area (Å²) in [5.41, 5.74) is 3.41. The van der Waals surface area contributed by atoms with Crippen LogP contribution in [0.2, 0.25) is 0 Å². The Kier molecular flexibility index (Phi) is 5.23. The minimum atomic E-state index is 0.0236. The second kappa shape index (κ2) is 7.94. The van der Waals surface area contributed by atoms with Gasteiger partial charge in [-0.1, -0.05) is 36.0 Å². The second-order valence-corrected chi connectivity index (χ2v) is 7.57. The van der Waals surface area contributed by atoms with Crippen molar-refractivity contribution in [2.24, 2.45) is 4.99 Å². The molecule has 0 radical (unpaired) electrons. The molecule has 0 spiro atoms. The van der Waals surface area contributed by atoms with Gasteiger partial charge in [0.05, 0.1) is 12.6 Å². The third-order valence-corrected chi connectivity index (χ3v) is 5.51. The number of methoxy groups -OCH3 is 1. The Morgan fingerprint density at radius 1 is 1.15 bits per heavy atom. The van der Waals surface area contributed by atoms with Crippen LogP contribution in [0.25, 0.3) is 17.0 Å². The van der Waals surface area contributed by atoms with Crippen LogP contribution in [0.4, 0.5) is 0 Å². The van der Waals surface area contributed by atoms with Crippen LogP contribution in [0.1, 0.15) is 24.1 Å². The molecule has 1 unspecified atom stereocenters. The van der Waals surface area contributed by atoms with Crippen molar-refractivity contribution in [2.45, 2.75) is 18.5 Å². The zero-order valence-corrected chi connectivity index (χ0v) is 16.1. The fourth-order valence-corrected chi connectivity index (χ4v) is 4.01. The Morgan fingerprint density at radius 2 is 2.00 bits per heavy atom. The van der Waals surface area contributed by atoms with Crippen molar-refractivity contribution in [1.29, 1.82) is 0 Å². The van der Waals surface area contributed by atoms with Crippen LogP contribution < -0.4 is 10.1 Å². The molecule has 2 aromatic carbocycles. The number of hydrogen-bond donors (Lipinski definition) is 1. The molecule has 2 heterocycles. The lowest BCUT2D eigenvalue weighted by atomic mass is 10.1. The van der Waals surface area contributed by atoms with Gasteiger partial charge in [-0.3, -0.25) is 15.3 Å².